The van der Waals surface area contributed by atoms with Crippen molar-refractivity contribution >= 4 is 10.0 Å². The molecular formula is C17H23NO3S. The van der Waals surface area contributed by atoms with Crippen LogP contribution in [-0.4, -0.2) is 14.0 Å². The number of allylic oxidation sites excluding steroid dienone is 1. The minimum Gasteiger partial charge on any atom is -0.367 e. The van der Waals surface area contributed by atoms with Crippen LogP contribution in [0.1, 0.15) is 45.3 Å². The van der Waals surface area contributed by atoms with Gasteiger partial charge in [-0.2, -0.15) is 0 Å². The quantitative estimate of drug-likeness (QED) is 0.851. The number of primary sulfonamides is 1. The van der Waals surface area contributed by atoms with Gasteiger partial charge >= 0.3 is 0 Å². The Morgan fingerprint density at radius 1 is 1.23 bits per heavy atom. The molecule has 1 saturated heterocycles. The highest BCUT2D eigenvalue weighted by molar-refractivity contribution is 7.89. The van der Waals surface area contributed by atoms with E-state index < -0.39 is 10.0 Å². The van der Waals surface area contributed by atoms with Crippen LogP contribution in [0.4, 0.5) is 0 Å². The van der Waals surface area contributed by atoms with Gasteiger partial charge < -0.3 is 4.74 Å². The molecule has 0 radical (unpaired) electrons. The van der Waals surface area contributed by atoms with E-state index in [0.717, 1.165) is 18.4 Å². The molecule has 2 N–H and O–H groups in total. The summed E-state index contributed by atoms with van der Waals surface area (Å²) in [5.41, 5.74) is 2.21. The Balaban J connectivity index is 1.96. The zero-order chi connectivity index (χ0) is 16.1. The van der Waals surface area contributed by atoms with Crippen LogP contribution < -0.4 is 5.14 Å². The van der Waals surface area contributed by atoms with Crippen LogP contribution in [0.15, 0.2) is 40.8 Å². The Kier molecular flexibility index (Phi) is 3.70. The maximum absolute atomic E-state index is 11.4. The highest BCUT2D eigenvalue weighted by Gasteiger charge is 2.45. The van der Waals surface area contributed by atoms with Crippen LogP contribution in [0.3, 0.4) is 0 Å². The molecule has 1 aromatic rings. The second-order valence-electron chi connectivity index (χ2n) is 6.98. The fourth-order valence-corrected chi connectivity index (χ4v) is 4.17. The number of rotatable bonds is 2. The molecule has 3 rings (SSSR count). The third kappa shape index (κ3) is 2.73. The second kappa shape index (κ2) is 5.18. The molecule has 0 spiro atoms. The van der Waals surface area contributed by atoms with E-state index in [9.17, 15) is 8.42 Å². The van der Waals surface area contributed by atoms with E-state index in [0.29, 0.717) is 11.8 Å². The summed E-state index contributed by atoms with van der Waals surface area (Å²) in [7, 11) is -3.65. The predicted octanol–water partition coefficient (Wildman–Crippen LogP) is 3.16. The lowest BCUT2D eigenvalue weighted by molar-refractivity contribution is -0.166. The molecule has 0 aromatic heterocycles. The molecule has 2 aliphatic rings. The maximum atomic E-state index is 11.4. The van der Waals surface area contributed by atoms with Crippen LogP contribution in [0.2, 0.25) is 0 Å². The normalized spacial score (nSPS) is 30.7. The van der Waals surface area contributed by atoms with Gasteiger partial charge in [-0.1, -0.05) is 23.8 Å². The number of benzene rings is 1. The van der Waals surface area contributed by atoms with Crippen molar-refractivity contribution < 1.29 is 13.2 Å². The Hall–Kier alpha value is -1.17. The van der Waals surface area contributed by atoms with Gasteiger partial charge in [0.05, 0.1) is 16.6 Å². The first-order valence-electron chi connectivity index (χ1n) is 7.66. The highest BCUT2D eigenvalue weighted by Crippen LogP contribution is 2.50. The van der Waals surface area contributed by atoms with Gasteiger partial charge in [-0.15, -0.1) is 0 Å². The molecule has 1 aliphatic carbocycles. The molecule has 3 unspecified atom stereocenters. The lowest BCUT2D eigenvalue weighted by Gasteiger charge is -2.49. The van der Waals surface area contributed by atoms with Crippen LogP contribution >= 0.6 is 0 Å². The molecule has 1 aliphatic heterocycles. The Morgan fingerprint density at radius 3 is 2.45 bits per heavy atom. The van der Waals surface area contributed by atoms with Gasteiger partial charge in [0.1, 0.15) is 0 Å². The Bertz CT molecular complexity index is 704. The highest BCUT2D eigenvalue weighted by atomic mass is 32.2. The maximum Gasteiger partial charge on any atom is 0.238 e. The largest absolute Gasteiger partial charge is 0.367 e. The van der Waals surface area contributed by atoms with Crippen molar-refractivity contribution in [1.82, 2.24) is 0 Å². The number of nitrogens with two attached hydrogens (primary N) is 1. The first-order chi connectivity index (χ1) is 10.2. The molecule has 120 valence electrons. The molecule has 0 amide bonds. The van der Waals surface area contributed by atoms with Gasteiger partial charge in [0.15, 0.2) is 0 Å². The van der Waals surface area contributed by atoms with Crippen molar-refractivity contribution in [3.8, 4) is 0 Å². The number of hydrogen-bond donors (Lipinski definition) is 1. The molecule has 1 heterocycles. The number of fused-ring (bicyclic) bond motifs is 2. The molecule has 22 heavy (non-hydrogen) atoms. The molecule has 0 saturated carbocycles. The van der Waals surface area contributed by atoms with E-state index in [4.69, 9.17) is 9.88 Å². The summed E-state index contributed by atoms with van der Waals surface area (Å²) in [5, 5.41) is 5.16. The summed E-state index contributed by atoms with van der Waals surface area (Å²) >= 11 is 0. The van der Waals surface area contributed by atoms with E-state index >= 15 is 0 Å². The Morgan fingerprint density at radius 2 is 1.86 bits per heavy atom. The fraction of sp³-hybridized carbons (Fsp3) is 0.529. The minimum absolute atomic E-state index is 0.0303. The number of sulfonamides is 1. The zero-order valence-electron chi connectivity index (χ0n) is 13.2. The van der Waals surface area contributed by atoms with Gasteiger partial charge in [-0.25, -0.2) is 13.6 Å². The van der Waals surface area contributed by atoms with E-state index in [1.807, 2.05) is 12.1 Å². The van der Waals surface area contributed by atoms with Gasteiger partial charge in [0.2, 0.25) is 10.0 Å². The summed E-state index contributed by atoms with van der Waals surface area (Å²) in [6, 6.07) is 6.77. The molecular weight excluding hydrogens is 298 g/mol. The topological polar surface area (TPSA) is 69.4 Å². The standard InChI is InChI=1S/C17H23NO3S/c1-11-4-7-13-10-15(11)16(21-17(13,2)3)12-5-8-14(9-6-12)22(18,19)20/h4-6,8-9,13,15-16H,7,10H2,1-3H3,(H2,18,19,20). The first kappa shape index (κ1) is 15.7. The predicted molar refractivity (Wildman–Crippen MR) is 85.7 cm³/mol. The average molecular weight is 321 g/mol. The third-order valence-electron chi connectivity index (χ3n) is 5.16. The van der Waals surface area contributed by atoms with Crippen LogP contribution in [0.25, 0.3) is 0 Å². The molecule has 1 aromatic carbocycles. The van der Waals surface area contributed by atoms with E-state index in [-0.39, 0.29) is 16.6 Å². The number of hydrogen-bond acceptors (Lipinski definition) is 3. The van der Waals surface area contributed by atoms with Crippen molar-refractivity contribution in [1.29, 1.82) is 0 Å². The summed E-state index contributed by atoms with van der Waals surface area (Å²) < 4.78 is 29.2. The van der Waals surface area contributed by atoms with Crippen LogP contribution in [0.5, 0.6) is 0 Å². The molecule has 1 fully saturated rings. The zero-order valence-corrected chi connectivity index (χ0v) is 14.1. The smallest absolute Gasteiger partial charge is 0.238 e. The second-order valence-corrected chi connectivity index (χ2v) is 8.54. The van der Waals surface area contributed by atoms with E-state index in [2.05, 4.69) is 26.8 Å². The molecule has 3 atom stereocenters. The molecule has 5 heteroatoms. The van der Waals surface area contributed by atoms with Gasteiger partial charge in [0.25, 0.3) is 0 Å². The average Bonchev–Trinajstić information content (AvgIpc) is 2.44. The monoisotopic (exact) mass is 321 g/mol. The summed E-state index contributed by atoms with van der Waals surface area (Å²) in [4.78, 5) is 0.139. The lowest BCUT2D eigenvalue weighted by Crippen LogP contribution is -2.45. The first-order valence-corrected chi connectivity index (χ1v) is 9.20. The van der Waals surface area contributed by atoms with E-state index in [1.54, 1.807) is 12.1 Å². The van der Waals surface area contributed by atoms with Crippen molar-refractivity contribution in [2.24, 2.45) is 17.0 Å². The van der Waals surface area contributed by atoms with Crippen molar-refractivity contribution in [2.45, 2.75) is 50.2 Å². The van der Waals surface area contributed by atoms with Crippen LogP contribution in [0, 0.1) is 11.8 Å². The molecule has 2 bridgehead atoms. The van der Waals surface area contributed by atoms with Gasteiger partial charge in [-0.05, 0) is 57.2 Å². The number of ether oxygens (including phenoxy) is 1. The summed E-state index contributed by atoms with van der Waals surface area (Å²) in [5.74, 6) is 0.910. The van der Waals surface area contributed by atoms with Crippen LogP contribution in [-0.2, 0) is 14.8 Å². The van der Waals surface area contributed by atoms with E-state index in [1.165, 1.54) is 5.57 Å². The Labute approximate surface area is 132 Å². The van der Waals surface area contributed by atoms with Crippen molar-refractivity contribution in [2.75, 3.05) is 0 Å². The molecule has 4 nitrogen and oxygen atoms in total. The summed E-state index contributed by atoms with van der Waals surface area (Å²) in [6.07, 6.45) is 4.50. The minimum atomic E-state index is -3.65. The SMILES string of the molecule is CC1=CCC2CC1C(c1ccc(S(N)(=O)=O)cc1)OC2(C)C. The van der Waals surface area contributed by atoms with Crippen molar-refractivity contribution in [3.63, 3.8) is 0 Å². The lowest BCUT2D eigenvalue weighted by atomic mass is 9.69. The van der Waals surface area contributed by atoms with Gasteiger partial charge in [0, 0.05) is 5.92 Å². The van der Waals surface area contributed by atoms with Crippen molar-refractivity contribution in [3.05, 3.63) is 41.5 Å². The summed E-state index contributed by atoms with van der Waals surface area (Å²) in [6.45, 7) is 6.45. The van der Waals surface area contributed by atoms with Gasteiger partial charge in [-0.3, -0.25) is 0 Å². The fourth-order valence-electron chi connectivity index (χ4n) is 3.65. The third-order valence-corrected chi connectivity index (χ3v) is 6.09.